The number of carboxylic acids is 1. The quantitative estimate of drug-likeness (QED) is 0.906. The summed E-state index contributed by atoms with van der Waals surface area (Å²) in [6.45, 7) is 0. The highest BCUT2D eigenvalue weighted by Crippen LogP contribution is 2.19. The zero-order valence-corrected chi connectivity index (χ0v) is 10.6. The summed E-state index contributed by atoms with van der Waals surface area (Å²) in [5.41, 5.74) is -0.186. The molecule has 0 atom stereocenters. The molecule has 0 saturated carbocycles. The maximum absolute atomic E-state index is 13.4. The van der Waals surface area contributed by atoms with Crippen molar-refractivity contribution in [3.63, 3.8) is 0 Å². The largest absolute Gasteiger partial charge is 0.478 e. The van der Waals surface area contributed by atoms with Crippen LogP contribution in [0.1, 0.15) is 26.3 Å². The highest BCUT2D eigenvalue weighted by molar-refractivity contribution is 6.06. The molecule has 0 aliphatic rings. The van der Waals surface area contributed by atoms with Gasteiger partial charge in [-0.15, -0.1) is 0 Å². The molecule has 2 N–H and O–H groups in total. The van der Waals surface area contributed by atoms with Crippen molar-refractivity contribution in [2.75, 3.05) is 5.32 Å². The van der Waals surface area contributed by atoms with Crippen LogP contribution in [0.15, 0.2) is 42.5 Å². The SMILES string of the molecule is N#Cc1c(F)cccc1NC(=O)c1cccc(C(=O)O)c1. The van der Waals surface area contributed by atoms with Crippen molar-refractivity contribution in [1.29, 1.82) is 5.26 Å². The van der Waals surface area contributed by atoms with Gasteiger partial charge in [-0.1, -0.05) is 12.1 Å². The van der Waals surface area contributed by atoms with E-state index >= 15 is 0 Å². The number of nitrogens with zero attached hydrogens (tertiary/aromatic N) is 1. The molecule has 0 aliphatic carbocycles. The van der Waals surface area contributed by atoms with Gasteiger partial charge in [-0.2, -0.15) is 5.26 Å². The second kappa shape index (κ2) is 5.84. The maximum Gasteiger partial charge on any atom is 0.335 e. The first-order chi connectivity index (χ1) is 10.0. The number of hydrogen-bond acceptors (Lipinski definition) is 3. The molecular formula is C15H9FN2O3. The summed E-state index contributed by atoms with van der Waals surface area (Å²) in [6.07, 6.45) is 0. The molecule has 6 heteroatoms. The van der Waals surface area contributed by atoms with Crippen molar-refractivity contribution in [2.24, 2.45) is 0 Å². The Labute approximate surface area is 119 Å². The molecule has 1 amide bonds. The maximum atomic E-state index is 13.4. The van der Waals surface area contributed by atoms with Gasteiger partial charge in [0.15, 0.2) is 0 Å². The second-order valence-electron chi connectivity index (χ2n) is 4.11. The minimum atomic E-state index is -1.16. The minimum Gasteiger partial charge on any atom is -0.478 e. The fourth-order valence-corrected chi connectivity index (χ4v) is 1.73. The van der Waals surface area contributed by atoms with Crippen molar-refractivity contribution in [2.45, 2.75) is 0 Å². The predicted molar refractivity (Wildman–Crippen MR) is 72.5 cm³/mol. The van der Waals surface area contributed by atoms with Crippen LogP contribution in [0, 0.1) is 17.1 Å². The first kappa shape index (κ1) is 14.2. The van der Waals surface area contributed by atoms with Gasteiger partial charge in [0, 0.05) is 5.56 Å². The van der Waals surface area contributed by atoms with Gasteiger partial charge in [0.05, 0.1) is 11.3 Å². The molecule has 0 unspecified atom stereocenters. The van der Waals surface area contributed by atoms with Gasteiger partial charge >= 0.3 is 5.97 Å². The third-order valence-corrected chi connectivity index (χ3v) is 2.75. The van der Waals surface area contributed by atoms with Crippen LogP contribution in [0.25, 0.3) is 0 Å². The van der Waals surface area contributed by atoms with Gasteiger partial charge in [-0.05, 0) is 30.3 Å². The van der Waals surface area contributed by atoms with Crippen molar-refractivity contribution >= 4 is 17.6 Å². The van der Waals surface area contributed by atoms with Crippen LogP contribution >= 0.6 is 0 Å². The number of benzene rings is 2. The standard InChI is InChI=1S/C15H9FN2O3/c16-12-5-2-6-13(11(12)8-17)18-14(19)9-3-1-4-10(7-9)15(20)21/h1-7H,(H,18,19)(H,20,21). The number of hydrogen-bond donors (Lipinski definition) is 2. The smallest absolute Gasteiger partial charge is 0.335 e. The average molecular weight is 284 g/mol. The normalized spacial score (nSPS) is 9.71. The number of aromatic carboxylic acids is 1. The van der Waals surface area contributed by atoms with Crippen LogP contribution in [0.5, 0.6) is 0 Å². The van der Waals surface area contributed by atoms with Gasteiger partial charge < -0.3 is 10.4 Å². The zero-order chi connectivity index (χ0) is 15.4. The molecule has 2 aromatic carbocycles. The Morgan fingerprint density at radius 1 is 1.14 bits per heavy atom. The fraction of sp³-hybridized carbons (Fsp3) is 0. The molecule has 0 saturated heterocycles. The van der Waals surface area contributed by atoms with Crippen LogP contribution in [0.3, 0.4) is 0 Å². The van der Waals surface area contributed by atoms with E-state index in [2.05, 4.69) is 5.32 Å². The predicted octanol–water partition coefficient (Wildman–Crippen LogP) is 2.65. The lowest BCUT2D eigenvalue weighted by Gasteiger charge is -2.08. The zero-order valence-electron chi connectivity index (χ0n) is 10.6. The highest BCUT2D eigenvalue weighted by atomic mass is 19.1. The molecular weight excluding hydrogens is 275 g/mol. The first-order valence-electron chi connectivity index (χ1n) is 5.86. The number of nitrogens with one attached hydrogen (secondary N) is 1. The third-order valence-electron chi connectivity index (χ3n) is 2.75. The summed E-state index contributed by atoms with van der Waals surface area (Å²) >= 11 is 0. The van der Waals surface area contributed by atoms with E-state index in [9.17, 15) is 14.0 Å². The molecule has 0 fully saturated rings. The van der Waals surface area contributed by atoms with Gasteiger partial charge in [0.25, 0.3) is 5.91 Å². The number of halogens is 1. The lowest BCUT2D eigenvalue weighted by molar-refractivity contribution is 0.0697. The van der Waals surface area contributed by atoms with Crippen molar-refractivity contribution < 1.29 is 19.1 Å². The average Bonchev–Trinajstić information content (AvgIpc) is 2.47. The molecule has 0 heterocycles. The Hall–Kier alpha value is -3.20. The number of carboxylic acid groups (broad SMARTS) is 1. The highest BCUT2D eigenvalue weighted by Gasteiger charge is 2.13. The van der Waals surface area contributed by atoms with E-state index in [-0.39, 0.29) is 22.4 Å². The Kier molecular flexibility index (Phi) is 3.95. The Morgan fingerprint density at radius 2 is 1.81 bits per heavy atom. The van der Waals surface area contributed by atoms with Crippen molar-refractivity contribution in [1.82, 2.24) is 0 Å². The first-order valence-corrected chi connectivity index (χ1v) is 5.86. The van der Waals surface area contributed by atoms with Crippen LogP contribution < -0.4 is 5.32 Å². The van der Waals surface area contributed by atoms with E-state index in [1.807, 2.05) is 0 Å². The molecule has 0 radical (unpaired) electrons. The van der Waals surface area contributed by atoms with E-state index < -0.39 is 17.7 Å². The van der Waals surface area contributed by atoms with E-state index in [4.69, 9.17) is 10.4 Å². The van der Waals surface area contributed by atoms with Crippen LogP contribution in [-0.4, -0.2) is 17.0 Å². The molecule has 0 bridgehead atoms. The van der Waals surface area contributed by atoms with E-state index in [1.54, 1.807) is 6.07 Å². The van der Waals surface area contributed by atoms with Crippen molar-refractivity contribution in [3.8, 4) is 6.07 Å². The third kappa shape index (κ3) is 3.04. The summed E-state index contributed by atoms with van der Waals surface area (Å²) < 4.78 is 13.4. The Morgan fingerprint density at radius 3 is 2.48 bits per heavy atom. The molecule has 5 nitrogen and oxygen atoms in total. The van der Waals surface area contributed by atoms with Gasteiger partial charge in [-0.3, -0.25) is 4.79 Å². The summed E-state index contributed by atoms with van der Waals surface area (Å²) in [6, 6.07) is 10.9. The monoisotopic (exact) mass is 284 g/mol. The fourth-order valence-electron chi connectivity index (χ4n) is 1.73. The lowest BCUT2D eigenvalue weighted by Crippen LogP contribution is -2.14. The van der Waals surface area contributed by atoms with Crippen LogP contribution in [0.2, 0.25) is 0 Å². The van der Waals surface area contributed by atoms with E-state index in [1.165, 1.54) is 36.4 Å². The molecule has 0 aromatic heterocycles. The molecule has 2 aromatic rings. The number of amides is 1. The number of nitriles is 1. The number of carbonyl (C=O) groups excluding carboxylic acids is 1. The Balaban J connectivity index is 2.31. The summed E-state index contributed by atoms with van der Waals surface area (Å²) in [4.78, 5) is 22.9. The lowest BCUT2D eigenvalue weighted by atomic mass is 10.1. The molecule has 21 heavy (non-hydrogen) atoms. The van der Waals surface area contributed by atoms with Gasteiger partial charge in [0.2, 0.25) is 0 Å². The number of carbonyl (C=O) groups is 2. The number of rotatable bonds is 3. The van der Waals surface area contributed by atoms with Crippen molar-refractivity contribution in [3.05, 3.63) is 65.0 Å². The van der Waals surface area contributed by atoms with Gasteiger partial charge in [0.1, 0.15) is 17.4 Å². The topological polar surface area (TPSA) is 90.2 Å². The number of anilines is 1. The van der Waals surface area contributed by atoms with Crippen LogP contribution in [-0.2, 0) is 0 Å². The molecule has 0 aliphatic heterocycles. The van der Waals surface area contributed by atoms with E-state index in [0.29, 0.717) is 0 Å². The Bertz CT molecular complexity index is 766. The van der Waals surface area contributed by atoms with E-state index in [0.717, 1.165) is 6.07 Å². The summed E-state index contributed by atoms with van der Waals surface area (Å²) in [5.74, 6) is -2.53. The summed E-state index contributed by atoms with van der Waals surface area (Å²) in [7, 11) is 0. The molecule has 104 valence electrons. The minimum absolute atomic E-state index is 0.0308. The van der Waals surface area contributed by atoms with Gasteiger partial charge in [-0.25, -0.2) is 9.18 Å². The molecule has 0 spiro atoms. The molecule has 2 rings (SSSR count). The summed E-state index contributed by atoms with van der Waals surface area (Å²) in [5, 5.41) is 20.1. The second-order valence-corrected chi connectivity index (χ2v) is 4.11. The van der Waals surface area contributed by atoms with Crippen LogP contribution in [0.4, 0.5) is 10.1 Å².